The molecule has 4 aliphatic heterocycles. The van der Waals surface area contributed by atoms with Gasteiger partial charge in [-0.1, -0.05) is 54.6 Å². The van der Waals surface area contributed by atoms with Crippen molar-refractivity contribution in [1.29, 1.82) is 0 Å². The van der Waals surface area contributed by atoms with Crippen molar-refractivity contribution < 1.29 is 19.5 Å². The Morgan fingerprint density at radius 1 is 0.717 bits per heavy atom. The molecule has 3 saturated heterocycles. The molecule has 1 unspecified atom stereocenters. The number of phenolic OH excluding ortho intramolecular Hbond substituents is 1. The van der Waals surface area contributed by atoms with Gasteiger partial charge in [-0.25, -0.2) is 0 Å². The predicted molar refractivity (Wildman–Crippen MR) is 209 cm³/mol. The Morgan fingerprint density at radius 3 is 2.04 bits per heavy atom. The van der Waals surface area contributed by atoms with E-state index in [1.165, 1.54) is 35.2 Å². The van der Waals surface area contributed by atoms with Crippen molar-refractivity contribution in [2.75, 3.05) is 55.6 Å². The maximum absolute atomic E-state index is 13.1. The van der Waals surface area contributed by atoms with Gasteiger partial charge in [0.1, 0.15) is 11.8 Å². The van der Waals surface area contributed by atoms with Crippen molar-refractivity contribution in [1.82, 2.24) is 15.1 Å². The SMILES string of the molecule is C/C(=C(\c1ccc(O)cc1)c1ccc(N2CCC(CN3CCN(c4ccc5c(c4)CN(C4CCC(=O)NC4=O)C5=O)CC3)CC2)cc1)c1ccccc1. The van der Waals surface area contributed by atoms with Gasteiger partial charge >= 0.3 is 0 Å². The molecule has 0 aliphatic carbocycles. The average molecular weight is 710 g/mol. The lowest BCUT2D eigenvalue weighted by molar-refractivity contribution is -0.136. The lowest BCUT2D eigenvalue weighted by atomic mass is 9.90. The molecule has 4 heterocycles. The summed E-state index contributed by atoms with van der Waals surface area (Å²) in [5.74, 6) is 0.179. The second-order valence-electron chi connectivity index (χ2n) is 14.9. The van der Waals surface area contributed by atoms with Crippen LogP contribution >= 0.6 is 0 Å². The Bertz CT molecular complexity index is 2010. The summed E-state index contributed by atoms with van der Waals surface area (Å²) in [5, 5.41) is 12.3. The van der Waals surface area contributed by atoms with E-state index in [2.05, 4.69) is 81.5 Å². The van der Waals surface area contributed by atoms with Crippen LogP contribution in [-0.4, -0.2) is 84.5 Å². The van der Waals surface area contributed by atoms with Gasteiger partial charge in [0.15, 0.2) is 0 Å². The molecule has 2 N–H and O–H groups in total. The fourth-order valence-electron chi connectivity index (χ4n) is 8.58. The molecule has 0 radical (unpaired) electrons. The molecule has 3 amide bonds. The number of piperidine rings is 2. The number of allylic oxidation sites excluding steroid dienone is 1. The van der Waals surface area contributed by atoms with Crippen molar-refractivity contribution in [3.63, 3.8) is 0 Å². The van der Waals surface area contributed by atoms with Gasteiger partial charge in [0, 0.05) is 75.7 Å². The Labute approximate surface area is 311 Å². The summed E-state index contributed by atoms with van der Waals surface area (Å²) in [5.41, 5.74) is 9.81. The fourth-order valence-corrected chi connectivity index (χ4v) is 8.58. The van der Waals surface area contributed by atoms with Gasteiger partial charge in [-0.2, -0.15) is 0 Å². The first-order chi connectivity index (χ1) is 25.8. The van der Waals surface area contributed by atoms with Crippen LogP contribution in [0.5, 0.6) is 5.75 Å². The van der Waals surface area contributed by atoms with Gasteiger partial charge in [0.25, 0.3) is 5.91 Å². The number of carbonyl (C=O) groups excluding carboxylic acids is 3. The Balaban J connectivity index is 0.842. The normalized spacial score (nSPS) is 20.4. The van der Waals surface area contributed by atoms with Crippen LogP contribution in [0.15, 0.2) is 97.1 Å². The summed E-state index contributed by atoms with van der Waals surface area (Å²) in [7, 11) is 0. The Kier molecular flexibility index (Phi) is 9.75. The van der Waals surface area contributed by atoms with E-state index in [4.69, 9.17) is 0 Å². The van der Waals surface area contributed by atoms with E-state index in [1.807, 2.05) is 30.3 Å². The molecule has 0 bridgehead atoms. The quantitative estimate of drug-likeness (QED) is 0.167. The summed E-state index contributed by atoms with van der Waals surface area (Å²) in [6, 6.07) is 32.4. The first kappa shape index (κ1) is 34.7. The van der Waals surface area contributed by atoms with Gasteiger partial charge in [-0.15, -0.1) is 0 Å². The van der Waals surface area contributed by atoms with Crippen LogP contribution in [0.4, 0.5) is 11.4 Å². The van der Waals surface area contributed by atoms with E-state index in [9.17, 15) is 19.5 Å². The summed E-state index contributed by atoms with van der Waals surface area (Å²) in [4.78, 5) is 46.4. The number of anilines is 2. The molecule has 9 nitrogen and oxygen atoms in total. The molecular weight excluding hydrogens is 663 g/mol. The highest BCUT2D eigenvalue weighted by atomic mass is 16.3. The van der Waals surface area contributed by atoms with Gasteiger partial charge in [0.05, 0.1) is 0 Å². The third-order valence-electron chi connectivity index (χ3n) is 11.6. The minimum atomic E-state index is -0.588. The number of piperazine rings is 1. The van der Waals surface area contributed by atoms with E-state index >= 15 is 0 Å². The largest absolute Gasteiger partial charge is 0.508 e. The van der Waals surface area contributed by atoms with Crippen LogP contribution in [0.3, 0.4) is 0 Å². The highest BCUT2D eigenvalue weighted by Crippen LogP contribution is 2.35. The molecule has 4 aromatic carbocycles. The summed E-state index contributed by atoms with van der Waals surface area (Å²) in [6.07, 6.45) is 2.99. The maximum atomic E-state index is 13.1. The summed E-state index contributed by atoms with van der Waals surface area (Å²) in [6.45, 7) is 9.72. The van der Waals surface area contributed by atoms with Crippen molar-refractivity contribution in [2.24, 2.45) is 5.92 Å². The molecule has 0 spiro atoms. The van der Waals surface area contributed by atoms with Crippen molar-refractivity contribution in [2.45, 2.75) is 45.2 Å². The zero-order chi connectivity index (χ0) is 36.5. The zero-order valence-corrected chi connectivity index (χ0v) is 30.3. The van der Waals surface area contributed by atoms with Crippen LogP contribution in [-0.2, 0) is 16.1 Å². The number of nitrogens with one attached hydrogen (secondary N) is 1. The number of rotatable bonds is 8. The van der Waals surface area contributed by atoms with Crippen LogP contribution in [0.2, 0.25) is 0 Å². The third kappa shape index (κ3) is 7.31. The average Bonchev–Trinajstić information content (AvgIpc) is 3.51. The smallest absolute Gasteiger partial charge is 0.255 e. The molecule has 9 heteroatoms. The Hall–Kier alpha value is -5.41. The number of hydrogen-bond acceptors (Lipinski definition) is 7. The molecule has 4 aromatic rings. The number of carbonyl (C=O) groups is 3. The molecule has 8 rings (SSSR count). The Morgan fingerprint density at radius 2 is 1.36 bits per heavy atom. The van der Waals surface area contributed by atoms with Gasteiger partial charge in [0.2, 0.25) is 11.8 Å². The number of benzene rings is 4. The monoisotopic (exact) mass is 709 g/mol. The molecule has 0 saturated carbocycles. The number of aromatic hydroxyl groups is 1. The first-order valence-corrected chi connectivity index (χ1v) is 19.0. The lowest BCUT2D eigenvalue weighted by Gasteiger charge is -2.40. The van der Waals surface area contributed by atoms with Crippen LogP contribution in [0.25, 0.3) is 11.1 Å². The number of amides is 3. The number of imide groups is 1. The van der Waals surface area contributed by atoms with Gasteiger partial charge in [-0.05, 0) is 108 Å². The molecule has 4 aliphatic rings. The number of fused-ring (bicyclic) bond motifs is 1. The summed E-state index contributed by atoms with van der Waals surface area (Å²) >= 11 is 0. The van der Waals surface area contributed by atoms with Gasteiger partial charge < -0.3 is 19.8 Å². The maximum Gasteiger partial charge on any atom is 0.255 e. The summed E-state index contributed by atoms with van der Waals surface area (Å²) < 4.78 is 0. The van der Waals surface area contributed by atoms with E-state index in [-0.39, 0.29) is 29.9 Å². The second kappa shape index (κ2) is 14.9. The number of hydrogen-bond donors (Lipinski definition) is 2. The molecule has 0 aromatic heterocycles. The fraction of sp³-hybridized carbons (Fsp3) is 0.341. The predicted octanol–water partition coefficient (Wildman–Crippen LogP) is 6.17. The number of phenols is 1. The topological polar surface area (TPSA) is 96.4 Å². The number of nitrogens with zero attached hydrogens (tertiary/aromatic N) is 4. The molecule has 53 heavy (non-hydrogen) atoms. The van der Waals surface area contributed by atoms with Crippen molar-refractivity contribution in [3.05, 3.63) is 125 Å². The highest BCUT2D eigenvalue weighted by molar-refractivity contribution is 6.05. The highest BCUT2D eigenvalue weighted by Gasteiger charge is 2.39. The third-order valence-corrected chi connectivity index (χ3v) is 11.6. The molecular formula is C44H47N5O4. The van der Waals surface area contributed by atoms with E-state index in [1.54, 1.807) is 17.0 Å². The first-order valence-electron chi connectivity index (χ1n) is 19.0. The van der Waals surface area contributed by atoms with Crippen LogP contribution < -0.4 is 15.1 Å². The lowest BCUT2D eigenvalue weighted by Crippen LogP contribution is -2.52. The van der Waals surface area contributed by atoms with Crippen molar-refractivity contribution in [3.8, 4) is 5.75 Å². The minimum Gasteiger partial charge on any atom is -0.508 e. The van der Waals surface area contributed by atoms with E-state index in [0.717, 1.165) is 68.2 Å². The van der Waals surface area contributed by atoms with E-state index in [0.29, 0.717) is 24.4 Å². The molecule has 3 fully saturated rings. The van der Waals surface area contributed by atoms with Crippen LogP contribution in [0, 0.1) is 5.92 Å². The minimum absolute atomic E-state index is 0.125. The standard InChI is InChI=1S/C44H47N5O4/c1-30(32-5-3-2-4-6-32)42(34-9-14-38(50)15-10-34)33-7-11-36(12-8-33)47-21-19-31(20-22-47)28-46-23-25-48(26-24-46)37-13-16-39-35(27-37)29-49(44(39)53)40-17-18-41(51)45-43(40)52/h2-16,27,31,40,50H,17-26,28-29H2,1H3,(H,45,51,52)/b42-30+. The van der Waals surface area contributed by atoms with Crippen LogP contribution in [0.1, 0.15) is 65.2 Å². The molecule has 272 valence electrons. The van der Waals surface area contributed by atoms with Gasteiger partial charge in [-0.3, -0.25) is 24.6 Å². The zero-order valence-electron chi connectivity index (χ0n) is 30.3. The molecule has 1 atom stereocenters. The van der Waals surface area contributed by atoms with E-state index < -0.39 is 6.04 Å². The second-order valence-corrected chi connectivity index (χ2v) is 14.9. The van der Waals surface area contributed by atoms with Crippen molar-refractivity contribution >= 4 is 40.2 Å².